The van der Waals surface area contributed by atoms with Crippen LogP contribution in [0.5, 0.6) is 0 Å². The van der Waals surface area contributed by atoms with E-state index in [2.05, 4.69) is 5.32 Å². The Bertz CT molecular complexity index is 604. The van der Waals surface area contributed by atoms with E-state index in [1.165, 1.54) is 4.31 Å². The molecule has 0 aromatic heterocycles. The van der Waals surface area contributed by atoms with Gasteiger partial charge >= 0.3 is 0 Å². The van der Waals surface area contributed by atoms with Gasteiger partial charge in [-0.3, -0.25) is 4.79 Å². The maximum Gasteiger partial charge on any atom is 0.230 e. The molecule has 1 heterocycles. The van der Waals surface area contributed by atoms with Crippen LogP contribution in [0.2, 0.25) is 0 Å². The van der Waals surface area contributed by atoms with Gasteiger partial charge in [-0.15, -0.1) is 0 Å². The predicted molar refractivity (Wildman–Crippen MR) is 74.5 cm³/mol. The van der Waals surface area contributed by atoms with Gasteiger partial charge in [0.1, 0.15) is 0 Å². The number of benzene rings is 1. The molecule has 0 atom stereocenters. The molecule has 0 radical (unpaired) electrons. The van der Waals surface area contributed by atoms with Crippen LogP contribution >= 0.6 is 0 Å². The fourth-order valence-electron chi connectivity index (χ4n) is 2.00. The van der Waals surface area contributed by atoms with E-state index in [1.54, 1.807) is 0 Å². The summed E-state index contributed by atoms with van der Waals surface area (Å²) in [6.07, 6.45) is 1.16. The van der Waals surface area contributed by atoms with Gasteiger partial charge in [0, 0.05) is 18.8 Å². The molecule has 1 aromatic carbocycles. The van der Waals surface area contributed by atoms with Gasteiger partial charge in [-0.05, 0) is 31.0 Å². The first kappa shape index (κ1) is 14.0. The summed E-state index contributed by atoms with van der Waals surface area (Å²) in [7, 11) is -3.17. The topological polar surface area (TPSA) is 66.5 Å². The lowest BCUT2D eigenvalue weighted by Gasteiger charge is -2.36. The molecule has 0 bridgehead atoms. The molecule has 1 aliphatic rings. The van der Waals surface area contributed by atoms with E-state index in [4.69, 9.17) is 0 Å². The van der Waals surface area contributed by atoms with E-state index in [1.807, 2.05) is 32.0 Å². The molecule has 1 amide bonds. The van der Waals surface area contributed by atoms with Crippen LogP contribution in [0.1, 0.15) is 11.1 Å². The molecule has 19 heavy (non-hydrogen) atoms. The zero-order valence-electron chi connectivity index (χ0n) is 11.3. The highest BCUT2D eigenvalue weighted by molar-refractivity contribution is 7.88. The zero-order valence-corrected chi connectivity index (χ0v) is 12.1. The van der Waals surface area contributed by atoms with Gasteiger partial charge in [-0.25, -0.2) is 12.7 Å². The summed E-state index contributed by atoms with van der Waals surface area (Å²) < 4.78 is 23.8. The van der Waals surface area contributed by atoms with E-state index < -0.39 is 10.0 Å². The molecule has 2 rings (SSSR count). The highest BCUT2D eigenvalue weighted by atomic mass is 32.2. The highest BCUT2D eigenvalue weighted by Crippen LogP contribution is 2.23. The van der Waals surface area contributed by atoms with Crippen molar-refractivity contribution in [1.29, 1.82) is 0 Å². The molecule has 1 aliphatic heterocycles. The van der Waals surface area contributed by atoms with Gasteiger partial charge in [0.25, 0.3) is 0 Å². The molecule has 1 fully saturated rings. The summed E-state index contributed by atoms with van der Waals surface area (Å²) in [4.78, 5) is 12.0. The summed E-state index contributed by atoms with van der Waals surface area (Å²) >= 11 is 0. The van der Waals surface area contributed by atoms with Gasteiger partial charge in [0.05, 0.1) is 12.2 Å². The largest absolute Gasteiger partial charge is 0.326 e. The quantitative estimate of drug-likeness (QED) is 0.904. The van der Waals surface area contributed by atoms with Crippen molar-refractivity contribution < 1.29 is 13.2 Å². The molecule has 0 spiro atoms. The van der Waals surface area contributed by atoms with Crippen molar-refractivity contribution in [3.05, 3.63) is 29.3 Å². The lowest BCUT2D eigenvalue weighted by molar-refractivity contribution is -0.122. The number of nitrogens with zero attached hydrogens (tertiary/aromatic N) is 1. The summed E-state index contributed by atoms with van der Waals surface area (Å²) in [5.41, 5.74) is 2.95. The van der Waals surface area contributed by atoms with Crippen LogP contribution in [0.4, 0.5) is 5.69 Å². The Morgan fingerprint density at radius 3 is 2.53 bits per heavy atom. The Balaban J connectivity index is 1.99. The Hall–Kier alpha value is -1.40. The first-order chi connectivity index (χ1) is 8.79. The molecule has 0 unspecified atom stereocenters. The summed E-state index contributed by atoms with van der Waals surface area (Å²) in [5, 5.41) is 2.86. The standard InChI is InChI=1S/C13H18N2O3S/c1-9-5-4-6-12(10(9)2)14-13(16)11-7-15(8-11)19(3,17)18/h4-6,11H,7-8H2,1-3H3,(H,14,16). The van der Waals surface area contributed by atoms with Crippen molar-refractivity contribution >= 4 is 21.6 Å². The van der Waals surface area contributed by atoms with E-state index in [9.17, 15) is 13.2 Å². The second-order valence-electron chi connectivity index (χ2n) is 5.01. The molecular weight excluding hydrogens is 264 g/mol. The Morgan fingerprint density at radius 1 is 1.32 bits per heavy atom. The maximum absolute atomic E-state index is 12.0. The van der Waals surface area contributed by atoms with Crippen molar-refractivity contribution in [3.63, 3.8) is 0 Å². The Labute approximate surface area is 113 Å². The highest BCUT2D eigenvalue weighted by Gasteiger charge is 2.37. The van der Waals surface area contributed by atoms with Crippen molar-refractivity contribution in [1.82, 2.24) is 4.31 Å². The van der Waals surface area contributed by atoms with Crippen LogP contribution in [-0.4, -0.2) is 38.0 Å². The van der Waals surface area contributed by atoms with Crippen molar-refractivity contribution in [3.8, 4) is 0 Å². The minimum Gasteiger partial charge on any atom is -0.326 e. The summed E-state index contributed by atoms with van der Waals surface area (Å²) in [6, 6.07) is 5.73. The van der Waals surface area contributed by atoms with Crippen molar-refractivity contribution in [2.45, 2.75) is 13.8 Å². The minimum atomic E-state index is -3.17. The van der Waals surface area contributed by atoms with E-state index >= 15 is 0 Å². The van der Waals surface area contributed by atoms with E-state index in [0.29, 0.717) is 0 Å². The number of sulfonamides is 1. The van der Waals surface area contributed by atoms with Gasteiger partial charge in [0.2, 0.25) is 15.9 Å². The molecule has 0 aliphatic carbocycles. The maximum atomic E-state index is 12.0. The monoisotopic (exact) mass is 282 g/mol. The normalized spacial score (nSPS) is 17.0. The van der Waals surface area contributed by atoms with Gasteiger partial charge in [-0.1, -0.05) is 12.1 Å². The third-order valence-electron chi connectivity index (χ3n) is 3.55. The Morgan fingerprint density at radius 2 is 1.95 bits per heavy atom. The number of carbonyl (C=O) groups is 1. The molecule has 1 saturated heterocycles. The number of aryl methyl sites for hydroxylation is 1. The fourth-order valence-corrected chi connectivity index (χ4v) is 2.90. The lowest BCUT2D eigenvalue weighted by Crippen LogP contribution is -2.53. The Kier molecular flexibility index (Phi) is 3.64. The molecular formula is C13H18N2O3S. The third-order valence-corrected chi connectivity index (χ3v) is 4.79. The first-order valence-corrected chi connectivity index (χ1v) is 7.96. The number of nitrogens with one attached hydrogen (secondary N) is 1. The number of amides is 1. The van der Waals surface area contributed by atoms with Crippen LogP contribution in [0.15, 0.2) is 18.2 Å². The van der Waals surface area contributed by atoms with E-state index in [-0.39, 0.29) is 24.9 Å². The zero-order chi connectivity index (χ0) is 14.2. The SMILES string of the molecule is Cc1cccc(NC(=O)C2CN(S(C)(=O)=O)C2)c1C. The second kappa shape index (κ2) is 4.94. The van der Waals surface area contributed by atoms with Crippen LogP contribution in [-0.2, 0) is 14.8 Å². The second-order valence-corrected chi connectivity index (χ2v) is 7.00. The van der Waals surface area contributed by atoms with Crippen molar-refractivity contribution in [2.24, 2.45) is 5.92 Å². The van der Waals surface area contributed by atoms with Gasteiger partial charge in [-0.2, -0.15) is 0 Å². The molecule has 104 valence electrons. The number of hydrogen-bond acceptors (Lipinski definition) is 3. The first-order valence-electron chi connectivity index (χ1n) is 6.11. The molecule has 5 nitrogen and oxygen atoms in total. The number of rotatable bonds is 3. The molecule has 1 N–H and O–H groups in total. The predicted octanol–water partition coefficient (Wildman–Crippen LogP) is 1.13. The molecule has 6 heteroatoms. The smallest absolute Gasteiger partial charge is 0.230 e. The molecule has 1 aromatic rings. The van der Waals surface area contributed by atoms with E-state index in [0.717, 1.165) is 23.1 Å². The number of anilines is 1. The third kappa shape index (κ3) is 2.96. The van der Waals surface area contributed by atoms with Crippen LogP contribution in [0.3, 0.4) is 0 Å². The number of hydrogen-bond donors (Lipinski definition) is 1. The summed E-state index contributed by atoms with van der Waals surface area (Å²) in [6.45, 7) is 4.49. The van der Waals surface area contributed by atoms with Gasteiger partial charge < -0.3 is 5.32 Å². The van der Waals surface area contributed by atoms with Crippen LogP contribution in [0.25, 0.3) is 0 Å². The lowest BCUT2D eigenvalue weighted by atomic mass is 10.0. The average molecular weight is 282 g/mol. The van der Waals surface area contributed by atoms with Gasteiger partial charge in [0.15, 0.2) is 0 Å². The molecule has 0 saturated carbocycles. The number of carbonyl (C=O) groups excluding carboxylic acids is 1. The fraction of sp³-hybridized carbons (Fsp3) is 0.462. The van der Waals surface area contributed by atoms with Crippen LogP contribution < -0.4 is 5.32 Å². The van der Waals surface area contributed by atoms with Crippen molar-refractivity contribution in [2.75, 3.05) is 24.7 Å². The minimum absolute atomic E-state index is 0.117. The summed E-state index contributed by atoms with van der Waals surface area (Å²) in [5.74, 6) is -0.372. The average Bonchev–Trinajstić information content (AvgIpc) is 2.20. The van der Waals surface area contributed by atoms with Crippen LogP contribution in [0, 0.1) is 19.8 Å².